The molecule has 1 aromatic carbocycles. The van der Waals surface area contributed by atoms with Crippen molar-refractivity contribution in [2.75, 3.05) is 0 Å². The highest BCUT2D eigenvalue weighted by atomic mass is 79.9. The largest absolute Gasteiger partial charge is 0.444 e. The first-order chi connectivity index (χ1) is 16.0. The number of rotatable bonds is 4. The molecule has 1 atom stereocenters. The Morgan fingerprint density at radius 3 is 2.35 bits per heavy atom. The molecule has 0 radical (unpaired) electrons. The summed E-state index contributed by atoms with van der Waals surface area (Å²) in [5.74, 6) is -0.0430. The number of benzene rings is 1. The fourth-order valence-corrected chi connectivity index (χ4v) is 5.91. The minimum atomic E-state index is -0.529. The van der Waals surface area contributed by atoms with E-state index < -0.39 is 5.60 Å². The Bertz CT molecular complexity index is 1070. The van der Waals surface area contributed by atoms with Crippen molar-refractivity contribution in [3.63, 3.8) is 0 Å². The van der Waals surface area contributed by atoms with Gasteiger partial charge in [-0.05, 0) is 93.9 Å². The zero-order chi connectivity index (χ0) is 24.8. The number of aromatic nitrogens is 2. The molecule has 1 unspecified atom stereocenters. The van der Waals surface area contributed by atoms with Crippen LogP contribution in [0.2, 0.25) is 5.02 Å². The van der Waals surface area contributed by atoms with Gasteiger partial charge in [-0.15, -0.1) is 0 Å². The van der Waals surface area contributed by atoms with E-state index in [2.05, 4.69) is 44.6 Å². The lowest BCUT2D eigenvalue weighted by molar-refractivity contribution is 0.0447. The molecule has 7 nitrogen and oxygen atoms in total. The lowest BCUT2D eigenvalue weighted by atomic mass is 9.89. The highest BCUT2D eigenvalue weighted by Crippen LogP contribution is 2.44. The highest BCUT2D eigenvalue weighted by molar-refractivity contribution is 9.10. The molecule has 0 spiro atoms. The molecule has 184 valence electrons. The van der Waals surface area contributed by atoms with E-state index in [1.807, 2.05) is 49.9 Å². The number of hydrogen-bond donors (Lipinski definition) is 1. The average Bonchev–Trinajstić information content (AvgIpc) is 3.21. The van der Waals surface area contributed by atoms with E-state index in [1.54, 1.807) is 0 Å². The summed E-state index contributed by atoms with van der Waals surface area (Å²) < 4.78 is 8.18. The second-order valence-electron chi connectivity index (χ2n) is 10.4. The van der Waals surface area contributed by atoms with Crippen LogP contribution in [0.4, 0.5) is 4.79 Å². The van der Waals surface area contributed by atoms with Crippen LogP contribution in [-0.4, -0.2) is 44.1 Å². The van der Waals surface area contributed by atoms with Crippen molar-refractivity contribution >= 4 is 39.5 Å². The first-order valence-corrected chi connectivity index (χ1v) is 13.0. The molecule has 34 heavy (non-hydrogen) atoms. The molecule has 2 amide bonds. The third-order valence-corrected chi connectivity index (χ3v) is 7.20. The van der Waals surface area contributed by atoms with Crippen molar-refractivity contribution in [3.05, 3.63) is 51.0 Å². The number of alkyl carbamates (subject to hydrolysis) is 1. The van der Waals surface area contributed by atoms with Crippen LogP contribution in [0, 0.1) is 0 Å². The summed E-state index contributed by atoms with van der Waals surface area (Å²) in [6.45, 7) is 9.74. The molecular formula is C25H32BrClN4O3. The SMILES string of the molecule is CC(C)n1c(Br)nc2c1C(c1ccc(Cl)cc1)N([C@H]1CC[C@H](NC(=O)OC(C)(C)C)CC1)C2=O. The molecule has 1 N–H and O–H groups in total. The second kappa shape index (κ2) is 9.53. The maximum atomic E-state index is 13.7. The number of carbonyl (C=O) groups excluding carboxylic acids is 2. The molecule has 1 aliphatic carbocycles. The van der Waals surface area contributed by atoms with Gasteiger partial charge < -0.3 is 19.5 Å². The fraction of sp³-hybridized carbons (Fsp3) is 0.560. The molecule has 1 fully saturated rings. The predicted molar refractivity (Wildman–Crippen MR) is 135 cm³/mol. The van der Waals surface area contributed by atoms with Gasteiger partial charge in [-0.3, -0.25) is 4.79 Å². The predicted octanol–water partition coefficient (Wildman–Crippen LogP) is 6.26. The number of amides is 2. The van der Waals surface area contributed by atoms with Gasteiger partial charge in [0.2, 0.25) is 0 Å². The Balaban J connectivity index is 1.58. The van der Waals surface area contributed by atoms with E-state index >= 15 is 0 Å². The van der Waals surface area contributed by atoms with Gasteiger partial charge in [0.25, 0.3) is 5.91 Å². The minimum absolute atomic E-state index is 0.0388. The number of carbonyl (C=O) groups is 2. The first kappa shape index (κ1) is 25.0. The fourth-order valence-electron chi connectivity index (χ4n) is 5.01. The van der Waals surface area contributed by atoms with E-state index in [0.29, 0.717) is 15.5 Å². The Morgan fingerprint density at radius 2 is 1.79 bits per heavy atom. The van der Waals surface area contributed by atoms with Crippen LogP contribution in [-0.2, 0) is 4.74 Å². The van der Waals surface area contributed by atoms with Gasteiger partial charge in [-0.25, -0.2) is 9.78 Å². The van der Waals surface area contributed by atoms with Crippen LogP contribution in [0.25, 0.3) is 0 Å². The third-order valence-electron chi connectivity index (χ3n) is 6.39. The Labute approximate surface area is 214 Å². The lowest BCUT2D eigenvalue weighted by Gasteiger charge is -2.39. The van der Waals surface area contributed by atoms with Gasteiger partial charge in [0.15, 0.2) is 10.4 Å². The normalized spacial score (nSPS) is 22.8. The zero-order valence-corrected chi connectivity index (χ0v) is 22.6. The number of hydrogen-bond acceptors (Lipinski definition) is 4. The van der Waals surface area contributed by atoms with Crippen LogP contribution in [0.15, 0.2) is 29.0 Å². The van der Waals surface area contributed by atoms with Crippen molar-refractivity contribution in [2.24, 2.45) is 0 Å². The van der Waals surface area contributed by atoms with Crippen LogP contribution in [0.3, 0.4) is 0 Å². The first-order valence-electron chi connectivity index (χ1n) is 11.8. The quantitative estimate of drug-likeness (QED) is 0.486. The molecule has 2 heterocycles. The van der Waals surface area contributed by atoms with Gasteiger partial charge in [0.1, 0.15) is 11.6 Å². The van der Waals surface area contributed by atoms with E-state index in [1.165, 1.54) is 0 Å². The third kappa shape index (κ3) is 4.98. The van der Waals surface area contributed by atoms with E-state index in [-0.39, 0.29) is 36.2 Å². The topological polar surface area (TPSA) is 76.5 Å². The minimum Gasteiger partial charge on any atom is -0.444 e. The smallest absolute Gasteiger partial charge is 0.407 e. The monoisotopic (exact) mass is 550 g/mol. The lowest BCUT2D eigenvalue weighted by Crippen LogP contribution is -2.46. The Hall–Kier alpha value is -2.06. The Kier molecular flexibility index (Phi) is 7.02. The van der Waals surface area contributed by atoms with Gasteiger partial charge in [0.05, 0.1) is 5.69 Å². The molecule has 1 aromatic heterocycles. The molecule has 9 heteroatoms. The van der Waals surface area contributed by atoms with Crippen molar-refractivity contribution in [3.8, 4) is 0 Å². The van der Waals surface area contributed by atoms with Gasteiger partial charge in [-0.2, -0.15) is 0 Å². The summed E-state index contributed by atoms with van der Waals surface area (Å²) in [5, 5.41) is 3.65. The van der Waals surface area contributed by atoms with Crippen LogP contribution in [0.1, 0.15) is 94.1 Å². The number of nitrogens with one attached hydrogen (secondary N) is 1. The number of nitrogens with zero attached hydrogens (tertiary/aromatic N) is 3. The molecular weight excluding hydrogens is 520 g/mol. The van der Waals surface area contributed by atoms with Crippen molar-refractivity contribution in [1.82, 2.24) is 19.8 Å². The standard InChI is InChI=1S/C25H32BrClN4O3/c1-14(2)30-21-19(29-23(30)26)22(32)31(20(21)15-6-8-16(27)9-7-15)18-12-10-17(11-13-18)28-24(33)34-25(3,4)5/h6-9,14,17-18,20H,10-13H2,1-5H3,(H,28,33)/t17-,18-,20?. The maximum absolute atomic E-state index is 13.7. The summed E-state index contributed by atoms with van der Waals surface area (Å²) in [4.78, 5) is 32.5. The second-order valence-corrected chi connectivity index (χ2v) is 11.5. The molecule has 2 aliphatic rings. The van der Waals surface area contributed by atoms with Crippen LogP contribution in [0.5, 0.6) is 0 Å². The number of fused-ring (bicyclic) bond motifs is 1. The van der Waals surface area contributed by atoms with E-state index in [4.69, 9.17) is 16.3 Å². The molecule has 4 rings (SSSR count). The van der Waals surface area contributed by atoms with Gasteiger partial charge in [-0.1, -0.05) is 23.7 Å². The Morgan fingerprint density at radius 1 is 1.18 bits per heavy atom. The summed E-state index contributed by atoms with van der Waals surface area (Å²) in [5.41, 5.74) is 1.91. The maximum Gasteiger partial charge on any atom is 0.407 e. The summed E-state index contributed by atoms with van der Waals surface area (Å²) in [6, 6.07) is 7.71. The summed E-state index contributed by atoms with van der Waals surface area (Å²) in [6.07, 6.45) is 2.77. The number of halogens is 2. The van der Waals surface area contributed by atoms with Crippen LogP contribution >= 0.6 is 27.5 Å². The highest BCUT2D eigenvalue weighted by Gasteiger charge is 2.47. The molecule has 0 bridgehead atoms. The van der Waals surface area contributed by atoms with Gasteiger partial charge >= 0.3 is 6.09 Å². The van der Waals surface area contributed by atoms with Crippen molar-refractivity contribution < 1.29 is 14.3 Å². The molecule has 0 saturated heterocycles. The number of ether oxygens (including phenoxy) is 1. The molecule has 1 aliphatic heterocycles. The molecule has 1 saturated carbocycles. The summed E-state index contributed by atoms with van der Waals surface area (Å²) in [7, 11) is 0. The van der Waals surface area contributed by atoms with E-state index in [0.717, 1.165) is 36.9 Å². The van der Waals surface area contributed by atoms with Gasteiger partial charge in [0, 0.05) is 23.1 Å². The van der Waals surface area contributed by atoms with E-state index in [9.17, 15) is 9.59 Å². The van der Waals surface area contributed by atoms with Crippen LogP contribution < -0.4 is 5.32 Å². The summed E-state index contributed by atoms with van der Waals surface area (Å²) >= 11 is 9.72. The average molecular weight is 552 g/mol. The van der Waals surface area contributed by atoms with Crippen molar-refractivity contribution in [1.29, 1.82) is 0 Å². The zero-order valence-electron chi connectivity index (χ0n) is 20.3. The molecule has 2 aromatic rings. The number of imidazole rings is 1. The van der Waals surface area contributed by atoms with Crippen molar-refractivity contribution in [2.45, 2.75) is 90.1 Å².